The molecular formula is C9H15NO3. The van der Waals surface area contributed by atoms with E-state index in [9.17, 15) is 4.79 Å². The topological polar surface area (TPSA) is 47.6 Å². The van der Waals surface area contributed by atoms with Crippen molar-refractivity contribution in [1.29, 1.82) is 0 Å². The normalized spacial score (nSPS) is 27.2. The van der Waals surface area contributed by atoms with Crippen molar-refractivity contribution in [3.05, 3.63) is 12.7 Å². The van der Waals surface area contributed by atoms with Gasteiger partial charge in [0, 0.05) is 13.0 Å². The largest absolute Gasteiger partial charge is 0.468 e. The van der Waals surface area contributed by atoms with Gasteiger partial charge in [-0.2, -0.15) is 0 Å². The van der Waals surface area contributed by atoms with Crippen LogP contribution in [0.1, 0.15) is 6.42 Å². The van der Waals surface area contributed by atoms with Crippen LogP contribution in [0.3, 0.4) is 0 Å². The number of carbonyl (C=O) groups excluding carboxylic acids is 1. The summed E-state index contributed by atoms with van der Waals surface area (Å²) in [4.78, 5) is 11.1. The van der Waals surface area contributed by atoms with Crippen LogP contribution in [-0.4, -0.2) is 38.4 Å². The summed E-state index contributed by atoms with van der Waals surface area (Å²) in [5.74, 6) is -0.218. The molecule has 0 aromatic rings. The Morgan fingerprint density at radius 2 is 2.54 bits per heavy atom. The van der Waals surface area contributed by atoms with Crippen LogP contribution in [-0.2, 0) is 14.3 Å². The molecule has 1 rings (SSSR count). The molecule has 4 heteroatoms. The van der Waals surface area contributed by atoms with E-state index in [0.29, 0.717) is 19.6 Å². The van der Waals surface area contributed by atoms with Gasteiger partial charge in [-0.25, -0.2) is 0 Å². The van der Waals surface area contributed by atoms with E-state index in [1.165, 1.54) is 7.11 Å². The summed E-state index contributed by atoms with van der Waals surface area (Å²) in [5.41, 5.74) is 0. The monoisotopic (exact) mass is 185 g/mol. The molecule has 1 heterocycles. The minimum absolute atomic E-state index is 0.0992. The van der Waals surface area contributed by atoms with Crippen LogP contribution in [0.2, 0.25) is 0 Å². The molecule has 0 bridgehead atoms. The van der Waals surface area contributed by atoms with E-state index < -0.39 is 0 Å². The lowest BCUT2D eigenvalue weighted by Crippen LogP contribution is -2.31. The quantitative estimate of drug-likeness (QED) is 0.498. The summed E-state index contributed by atoms with van der Waals surface area (Å²) in [6, 6.07) is -0.209. The minimum atomic E-state index is -0.218. The van der Waals surface area contributed by atoms with Gasteiger partial charge in [0.05, 0.1) is 19.8 Å². The minimum Gasteiger partial charge on any atom is -0.468 e. The summed E-state index contributed by atoms with van der Waals surface area (Å²) < 4.78 is 10.00. The summed E-state index contributed by atoms with van der Waals surface area (Å²) >= 11 is 0. The van der Waals surface area contributed by atoms with Crippen molar-refractivity contribution in [3.63, 3.8) is 0 Å². The molecule has 0 unspecified atom stereocenters. The van der Waals surface area contributed by atoms with Gasteiger partial charge in [-0.05, 0) is 0 Å². The third-order valence-corrected chi connectivity index (χ3v) is 2.03. The highest BCUT2D eigenvalue weighted by molar-refractivity contribution is 5.76. The first-order chi connectivity index (χ1) is 6.27. The van der Waals surface area contributed by atoms with Crippen LogP contribution in [0.5, 0.6) is 0 Å². The molecule has 13 heavy (non-hydrogen) atoms. The summed E-state index contributed by atoms with van der Waals surface area (Å²) in [5, 5.41) is 3.03. The van der Waals surface area contributed by atoms with Crippen molar-refractivity contribution in [1.82, 2.24) is 5.32 Å². The number of methoxy groups -OCH3 is 1. The number of hydrogen-bond donors (Lipinski definition) is 1. The Morgan fingerprint density at radius 1 is 1.77 bits per heavy atom. The van der Waals surface area contributed by atoms with Crippen LogP contribution in [0.15, 0.2) is 12.7 Å². The number of nitrogens with one attached hydrogen (secondary N) is 1. The molecule has 1 aliphatic rings. The van der Waals surface area contributed by atoms with Gasteiger partial charge in [-0.1, -0.05) is 6.08 Å². The zero-order valence-electron chi connectivity index (χ0n) is 7.79. The van der Waals surface area contributed by atoms with E-state index in [2.05, 4.69) is 16.6 Å². The molecule has 0 saturated carbocycles. The average Bonchev–Trinajstić information content (AvgIpc) is 2.62. The van der Waals surface area contributed by atoms with E-state index in [1.807, 2.05) is 0 Å². The Labute approximate surface area is 77.9 Å². The predicted octanol–water partition coefficient (Wildman–Crippen LogP) is 0.0925. The molecule has 1 fully saturated rings. The predicted molar refractivity (Wildman–Crippen MR) is 48.4 cm³/mol. The second kappa shape index (κ2) is 4.99. The van der Waals surface area contributed by atoms with Gasteiger partial charge in [-0.3, -0.25) is 4.79 Å². The third kappa shape index (κ3) is 2.82. The highest BCUT2D eigenvalue weighted by Gasteiger charge is 2.30. The second-order valence-electron chi connectivity index (χ2n) is 2.96. The molecular weight excluding hydrogens is 170 g/mol. The number of hydrogen-bond acceptors (Lipinski definition) is 4. The van der Waals surface area contributed by atoms with Gasteiger partial charge in [0.25, 0.3) is 0 Å². The number of esters is 1. The van der Waals surface area contributed by atoms with Gasteiger partial charge in [-0.15, -0.1) is 6.58 Å². The zero-order chi connectivity index (χ0) is 9.68. The third-order valence-electron chi connectivity index (χ3n) is 2.03. The molecule has 74 valence electrons. The van der Waals surface area contributed by atoms with Gasteiger partial charge >= 0.3 is 5.97 Å². The Bertz CT molecular complexity index is 193. The molecule has 0 aromatic heterocycles. The molecule has 4 nitrogen and oxygen atoms in total. The van der Waals surface area contributed by atoms with Crippen LogP contribution < -0.4 is 5.32 Å². The lowest BCUT2D eigenvalue weighted by molar-refractivity contribution is -0.142. The maximum atomic E-state index is 11.1. The van der Waals surface area contributed by atoms with Gasteiger partial charge < -0.3 is 14.8 Å². The highest BCUT2D eigenvalue weighted by atomic mass is 16.5. The SMILES string of the molecule is C=CCO[C@H]1CN[C@H](C(=O)OC)C1. The van der Waals surface area contributed by atoms with Crippen LogP contribution in [0.4, 0.5) is 0 Å². The summed E-state index contributed by atoms with van der Waals surface area (Å²) in [6.45, 7) is 4.78. The Morgan fingerprint density at radius 3 is 3.15 bits per heavy atom. The molecule has 1 N–H and O–H groups in total. The van der Waals surface area contributed by atoms with Crippen molar-refractivity contribution >= 4 is 5.97 Å². The summed E-state index contributed by atoms with van der Waals surface area (Å²) in [6.07, 6.45) is 2.48. The molecule has 2 atom stereocenters. The van der Waals surface area contributed by atoms with E-state index >= 15 is 0 Å². The number of carbonyl (C=O) groups is 1. The average molecular weight is 185 g/mol. The van der Waals surface area contributed by atoms with Crippen molar-refractivity contribution in [2.45, 2.75) is 18.6 Å². The Balaban J connectivity index is 2.27. The van der Waals surface area contributed by atoms with Crippen LogP contribution in [0.25, 0.3) is 0 Å². The number of rotatable bonds is 4. The molecule has 1 aliphatic heterocycles. The Kier molecular flexibility index (Phi) is 3.92. The molecule has 0 spiro atoms. The van der Waals surface area contributed by atoms with Gasteiger partial charge in [0.1, 0.15) is 6.04 Å². The first-order valence-electron chi connectivity index (χ1n) is 4.31. The first-order valence-corrected chi connectivity index (χ1v) is 4.31. The fourth-order valence-corrected chi connectivity index (χ4v) is 1.36. The van der Waals surface area contributed by atoms with E-state index in [4.69, 9.17) is 4.74 Å². The van der Waals surface area contributed by atoms with E-state index in [0.717, 1.165) is 0 Å². The smallest absolute Gasteiger partial charge is 0.322 e. The molecule has 1 saturated heterocycles. The standard InChI is InChI=1S/C9H15NO3/c1-3-4-13-7-5-8(10-6-7)9(11)12-2/h3,7-8,10H,1,4-6H2,2H3/t7-,8+/m1/s1. The van der Waals surface area contributed by atoms with Crippen LogP contribution in [0, 0.1) is 0 Å². The fourth-order valence-electron chi connectivity index (χ4n) is 1.36. The first kappa shape index (κ1) is 10.2. The molecule has 0 aromatic carbocycles. The zero-order valence-corrected chi connectivity index (χ0v) is 7.79. The van der Waals surface area contributed by atoms with Crippen molar-refractivity contribution in [2.24, 2.45) is 0 Å². The fraction of sp³-hybridized carbons (Fsp3) is 0.667. The van der Waals surface area contributed by atoms with Crippen LogP contribution >= 0.6 is 0 Å². The molecule has 0 radical (unpaired) electrons. The maximum Gasteiger partial charge on any atom is 0.322 e. The lowest BCUT2D eigenvalue weighted by Gasteiger charge is -2.08. The highest BCUT2D eigenvalue weighted by Crippen LogP contribution is 2.11. The van der Waals surface area contributed by atoms with Crippen molar-refractivity contribution in [3.8, 4) is 0 Å². The van der Waals surface area contributed by atoms with Gasteiger partial charge in [0.15, 0.2) is 0 Å². The van der Waals surface area contributed by atoms with Gasteiger partial charge in [0.2, 0.25) is 0 Å². The van der Waals surface area contributed by atoms with E-state index in [1.54, 1.807) is 6.08 Å². The number of ether oxygens (including phenoxy) is 2. The second-order valence-corrected chi connectivity index (χ2v) is 2.96. The maximum absolute atomic E-state index is 11.1. The van der Waals surface area contributed by atoms with E-state index in [-0.39, 0.29) is 18.1 Å². The van der Waals surface area contributed by atoms with Crippen molar-refractivity contribution < 1.29 is 14.3 Å². The molecule has 0 aliphatic carbocycles. The Hall–Kier alpha value is -0.870. The summed E-state index contributed by atoms with van der Waals surface area (Å²) in [7, 11) is 1.39. The molecule has 0 amide bonds. The lowest BCUT2D eigenvalue weighted by atomic mass is 10.2. The van der Waals surface area contributed by atoms with Crippen molar-refractivity contribution in [2.75, 3.05) is 20.3 Å².